The van der Waals surface area contributed by atoms with Crippen molar-refractivity contribution < 1.29 is 4.79 Å². The predicted molar refractivity (Wildman–Crippen MR) is 72.6 cm³/mol. The summed E-state index contributed by atoms with van der Waals surface area (Å²) in [7, 11) is 2.28. The van der Waals surface area contributed by atoms with E-state index < -0.39 is 0 Å². The molecule has 0 aromatic rings. The van der Waals surface area contributed by atoms with E-state index in [-0.39, 0.29) is 6.04 Å². The second kappa shape index (κ2) is 5.30. The highest BCUT2D eigenvalue weighted by Gasteiger charge is 2.38. The van der Waals surface area contributed by atoms with Gasteiger partial charge in [-0.2, -0.15) is 0 Å². The highest BCUT2D eigenvalue weighted by molar-refractivity contribution is 5.84. The summed E-state index contributed by atoms with van der Waals surface area (Å²) >= 11 is 0. The molecule has 0 aromatic heterocycles. The summed E-state index contributed by atoms with van der Waals surface area (Å²) in [5.74, 6) is 1.33. The second-order valence-electron chi connectivity index (χ2n) is 6.46. The maximum Gasteiger partial charge on any atom is 0.149 e. The largest absolute Gasteiger partial charge is 0.303 e. The lowest BCUT2D eigenvalue weighted by Gasteiger charge is -2.48. The van der Waals surface area contributed by atoms with Crippen LogP contribution in [0.1, 0.15) is 44.9 Å². The van der Waals surface area contributed by atoms with E-state index in [1.807, 2.05) is 0 Å². The first-order valence-corrected chi connectivity index (χ1v) is 7.72. The van der Waals surface area contributed by atoms with Gasteiger partial charge in [0.15, 0.2) is 0 Å². The van der Waals surface area contributed by atoms with E-state index in [0.29, 0.717) is 5.78 Å². The van der Waals surface area contributed by atoms with E-state index in [4.69, 9.17) is 0 Å². The first-order chi connectivity index (χ1) is 8.75. The molecule has 1 aliphatic carbocycles. The molecule has 102 valence electrons. The van der Waals surface area contributed by atoms with E-state index >= 15 is 0 Å². The number of piperidine rings is 2. The number of carbonyl (C=O) groups is 1. The number of hydrogen-bond donors (Lipinski definition) is 0. The zero-order chi connectivity index (χ0) is 12.5. The van der Waals surface area contributed by atoms with Gasteiger partial charge in [-0.1, -0.05) is 6.42 Å². The SMILES string of the molecule is CN1CCCC2CN(C3CCCCC3=O)CCC21. The van der Waals surface area contributed by atoms with Crippen LogP contribution in [0.3, 0.4) is 0 Å². The number of ketones is 1. The van der Waals surface area contributed by atoms with Crippen molar-refractivity contribution in [1.29, 1.82) is 0 Å². The molecule has 2 saturated heterocycles. The van der Waals surface area contributed by atoms with Crippen LogP contribution in [0.5, 0.6) is 0 Å². The fourth-order valence-electron chi connectivity index (χ4n) is 4.31. The van der Waals surface area contributed by atoms with Crippen LogP contribution in [-0.2, 0) is 4.79 Å². The maximum atomic E-state index is 12.1. The Morgan fingerprint density at radius 2 is 1.94 bits per heavy atom. The molecule has 3 unspecified atom stereocenters. The van der Waals surface area contributed by atoms with Crippen molar-refractivity contribution in [1.82, 2.24) is 9.80 Å². The normalized spacial score (nSPS) is 39.6. The number of nitrogens with zero attached hydrogens (tertiary/aromatic N) is 2. The number of fused-ring (bicyclic) bond motifs is 1. The van der Waals surface area contributed by atoms with Crippen LogP contribution in [0, 0.1) is 5.92 Å². The van der Waals surface area contributed by atoms with Crippen molar-refractivity contribution in [2.75, 3.05) is 26.7 Å². The molecule has 3 rings (SSSR count). The summed E-state index contributed by atoms with van der Waals surface area (Å²) in [6.45, 7) is 3.58. The van der Waals surface area contributed by atoms with Gasteiger partial charge in [0.05, 0.1) is 6.04 Å². The molecule has 0 spiro atoms. The molecule has 0 aromatic carbocycles. The van der Waals surface area contributed by atoms with Crippen LogP contribution >= 0.6 is 0 Å². The molecule has 0 radical (unpaired) electrons. The van der Waals surface area contributed by atoms with Crippen molar-refractivity contribution in [3.05, 3.63) is 0 Å². The summed E-state index contributed by atoms with van der Waals surface area (Å²) in [6, 6.07) is 1.06. The van der Waals surface area contributed by atoms with Crippen molar-refractivity contribution in [3.8, 4) is 0 Å². The topological polar surface area (TPSA) is 23.6 Å². The third kappa shape index (κ3) is 2.35. The molecule has 0 N–H and O–H groups in total. The van der Waals surface area contributed by atoms with Crippen molar-refractivity contribution in [2.45, 2.75) is 57.0 Å². The average Bonchev–Trinajstić information content (AvgIpc) is 2.39. The van der Waals surface area contributed by atoms with Crippen molar-refractivity contribution in [3.63, 3.8) is 0 Å². The van der Waals surface area contributed by atoms with E-state index in [0.717, 1.165) is 37.8 Å². The Bertz CT molecular complexity index is 318. The van der Waals surface area contributed by atoms with Gasteiger partial charge in [-0.25, -0.2) is 0 Å². The monoisotopic (exact) mass is 250 g/mol. The second-order valence-corrected chi connectivity index (χ2v) is 6.46. The van der Waals surface area contributed by atoms with E-state index in [9.17, 15) is 4.79 Å². The van der Waals surface area contributed by atoms with Gasteiger partial charge in [-0.05, 0) is 51.6 Å². The summed E-state index contributed by atoms with van der Waals surface area (Å²) in [5, 5.41) is 0. The lowest BCUT2D eigenvalue weighted by atomic mass is 9.82. The molecule has 0 bridgehead atoms. The number of hydrogen-bond acceptors (Lipinski definition) is 3. The Morgan fingerprint density at radius 3 is 2.78 bits per heavy atom. The Kier molecular flexibility index (Phi) is 3.71. The molecule has 1 saturated carbocycles. The third-order valence-corrected chi connectivity index (χ3v) is 5.34. The van der Waals surface area contributed by atoms with E-state index in [1.54, 1.807) is 0 Å². The summed E-state index contributed by atoms with van der Waals surface area (Å²) in [5.41, 5.74) is 0. The zero-order valence-corrected chi connectivity index (χ0v) is 11.6. The highest BCUT2D eigenvalue weighted by Crippen LogP contribution is 2.32. The molecule has 2 aliphatic heterocycles. The van der Waals surface area contributed by atoms with Gasteiger partial charge in [-0.15, -0.1) is 0 Å². The molecule has 3 aliphatic rings. The molecule has 18 heavy (non-hydrogen) atoms. The van der Waals surface area contributed by atoms with Gasteiger partial charge in [0, 0.05) is 25.6 Å². The van der Waals surface area contributed by atoms with E-state index in [1.165, 1.54) is 38.8 Å². The van der Waals surface area contributed by atoms with Crippen molar-refractivity contribution in [2.24, 2.45) is 5.92 Å². The molecular formula is C15H26N2O. The Labute approximate surface area is 111 Å². The van der Waals surface area contributed by atoms with Gasteiger partial charge < -0.3 is 4.90 Å². The highest BCUT2D eigenvalue weighted by atomic mass is 16.1. The predicted octanol–water partition coefficient (Wildman–Crippen LogP) is 1.91. The first kappa shape index (κ1) is 12.6. The minimum absolute atomic E-state index is 0.270. The Morgan fingerprint density at radius 1 is 1.06 bits per heavy atom. The number of rotatable bonds is 1. The van der Waals surface area contributed by atoms with Crippen LogP contribution in [0.15, 0.2) is 0 Å². The van der Waals surface area contributed by atoms with Crippen LogP contribution in [-0.4, -0.2) is 54.3 Å². The molecule has 2 heterocycles. The van der Waals surface area contributed by atoms with Gasteiger partial charge in [0.1, 0.15) is 5.78 Å². The quantitative estimate of drug-likeness (QED) is 0.710. The lowest BCUT2D eigenvalue weighted by Crippen LogP contribution is -2.56. The standard InChI is InChI=1S/C15H26N2O/c1-16-9-4-5-12-11-17(10-8-13(12)16)14-6-2-3-7-15(14)18/h12-14H,2-11H2,1H3. The molecular weight excluding hydrogens is 224 g/mol. The Hall–Kier alpha value is -0.410. The van der Waals surface area contributed by atoms with Crippen LogP contribution in [0.4, 0.5) is 0 Å². The van der Waals surface area contributed by atoms with Crippen molar-refractivity contribution >= 4 is 5.78 Å². The van der Waals surface area contributed by atoms with Gasteiger partial charge in [0.25, 0.3) is 0 Å². The molecule has 3 nitrogen and oxygen atoms in total. The number of Topliss-reactive ketones (excluding diaryl/α,β-unsaturated/α-hetero) is 1. The minimum Gasteiger partial charge on any atom is -0.303 e. The Balaban J connectivity index is 1.64. The van der Waals surface area contributed by atoms with Gasteiger partial charge in [0.2, 0.25) is 0 Å². The van der Waals surface area contributed by atoms with Crippen LogP contribution < -0.4 is 0 Å². The first-order valence-electron chi connectivity index (χ1n) is 7.72. The van der Waals surface area contributed by atoms with Crippen LogP contribution in [0.2, 0.25) is 0 Å². The lowest BCUT2D eigenvalue weighted by molar-refractivity contribution is -0.127. The summed E-state index contributed by atoms with van der Waals surface area (Å²) in [6.07, 6.45) is 8.29. The third-order valence-electron chi connectivity index (χ3n) is 5.34. The average molecular weight is 250 g/mol. The van der Waals surface area contributed by atoms with E-state index in [2.05, 4.69) is 16.8 Å². The van der Waals surface area contributed by atoms with Gasteiger partial charge in [-0.3, -0.25) is 9.69 Å². The molecule has 3 heteroatoms. The molecule has 0 amide bonds. The fraction of sp³-hybridized carbons (Fsp3) is 0.933. The zero-order valence-electron chi connectivity index (χ0n) is 11.6. The summed E-state index contributed by atoms with van der Waals surface area (Å²) < 4.78 is 0. The smallest absolute Gasteiger partial charge is 0.149 e. The molecule has 3 atom stereocenters. The number of carbonyl (C=O) groups excluding carboxylic acids is 1. The summed E-state index contributed by atoms with van der Waals surface area (Å²) in [4.78, 5) is 17.1. The van der Waals surface area contributed by atoms with Gasteiger partial charge >= 0.3 is 0 Å². The minimum atomic E-state index is 0.270. The fourth-order valence-corrected chi connectivity index (χ4v) is 4.31. The number of likely N-dealkylation sites (tertiary alicyclic amines) is 2. The molecule has 3 fully saturated rings. The van der Waals surface area contributed by atoms with Crippen LogP contribution in [0.25, 0.3) is 0 Å². The maximum absolute atomic E-state index is 12.1.